The molecule has 1 heterocycles. The first kappa shape index (κ1) is 27.8. The number of esters is 1. The van der Waals surface area contributed by atoms with Gasteiger partial charge in [-0.1, -0.05) is 30.3 Å². The molecule has 4 N–H and O–H groups in total. The molecular formula is C27H33N5O4S. The molecule has 0 aliphatic heterocycles. The lowest BCUT2D eigenvalue weighted by Gasteiger charge is -2.17. The standard InChI is InChI=1S/C27H33N5O4S/c1-18-10-3-5-12-20(18)31-27(37)28-17-8-7-14-22(26(35)36-2)30-24(33)16-9-15-23-29-21-13-6-4-11-19(21)25(34)32-23/h3-6,10-13,22H,7-9,14-17H2,1-2H3,(H,30,33)(H2,28,31,37)(H,29,32,34)/t22-/m0/s1. The number of unbranched alkanes of at least 4 members (excludes halogenated alkanes) is 1. The van der Waals surface area contributed by atoms with Gasteiger partial charge in [-0.3, -0.25) is 9.59 Å². The third-order valence-electron chi connectivity index (χ3n) is 5.90. The molecule has 3 rings (SSSR count). The lowest BCUT2D eigenvalue weighted by Crippen LogP contribution is -2.41. The minimum Gasteiger partial charge on any atom is -0.467 e. The first-order chi connectivity index (χ1) is 17.9. The summed E-state index contributed by atoms with van der Waals surface area (Å²) in [7, 11) is 1.31. The number of carbonyl (C=O) groups excluding carboxylic acids is 2. The zero-order valence-corrected chi connectivity index (χ0v) is 22.0. The van der Waals surface area contributed by atoms with Gasteiger partial charge in [-0.15, -0.1) is 0 Å². The summed E-state index contributed by atoms with van der Waals surface area (Å²) in [6, 6.07) is 14.3. The maximum absolute atomic E-state index is 12.5. The van der Waals surface area contributed by atoms with Crippen molar-refractivity contribution in [2.75, 3.05) is 19.0 Å². The third-order valence-corrected chi connectivity index (χ3v) is 6.15. The number of amides is 1. The van der Waals surface area contributed by atoms with Crippen molar-refractivity contribution in [1.29, 1.82) is 0 Å². The van der Waals surface area contributed by atoms with E-state index >= 15 is 0 Å². The molecule has 0 spiro atoms. The Balaban J connectivity index is 1.38. The van der Waals surface area contributed by atoms with Crippen LogP contribution in [0.1, 0.15) is 43.5 Å². The zero-order chi connectivity index (χ0) is 26.6. The van der Waals surface area contributed by atoms with Gasteiger partial charge in [0.05, 0.1) is 18.0 Å². The van der Waals surface area contributed by atoms with Crippen LogP contribution in [0.2, 0.25) is 0 Å². The smallest absolute Gasteiger partial charge is 0.328 e. The molecule has 9 nitrogen and oxygen atoms in total. The number of hydrogen-bond acceptors (Lipinski definition) is 6. The summed E-state index contributed by atoms with van der Waals surface area (Å²) in [5, 5.41) is 10.2. The number of methoxy groups -OCH3 is 1. The highest BCUT2D eigenvalue weighted by Crippen LogP contribution is 2.13. The van der Waals surface area contributed by atoms with Gasteiger partial charge in [0.25, 0.3) is 5.56 Å². The second kappa shape index (κ2) is 14.1. The van der Waals surface area contributed by atoms with Crippen molar-refractivity contribution in [2.45, 2.75) is 51.5 Å². The number of aryl methyl sites for hydroxylation is 2. The van der Waals surface area contributed by atoms with Crippen LogP contribution in [-0.4, -0.2) is 46.7 Å². The number of anilines is 1. The van der Waals surface area contributed by atoms with Crippen LogP contribution in [0.25, 0.3) is 10.9 Å². The molecule has 1 aromatic heterocycles. The van der Waals surface area contributed by atoms with Crippen LogP contribution in [0.3, 0.4) is 0 Å². The van der Waals surface area contributed by atoms with Crippen molar-refractivity contribution in [3.8, 4) is 0 Å². The number of benzene rings is 2. The molecule has 10 heteroatoms. The zero-order valence-electron chi connectivity index (χ0n) is 21.1. The van der Waals surface area contributed by atoms with Crippen LogP contribution < -0.4 is 21.5 Å². The van der Waals surface area contributed by atoms with Gasteiger partial charge in [0, 0.05) is 25.1 Å². The van der Waals surface area contributed by atoms with E-state index in [4.69, 9.17) is 17.0 Å². The molecule has 37 heavy (non-hydrogen) atoms. The van der Waals surface area contributed by atoms with E-state index in [2.05, 4.69) is 25.9 Å². The highest BCUT2D eigenvalue weighted by molar-refractivity contribution is 7.80. The fourth-order valence-corrected chi connectivity index (χ4v) is 4.09. The maximum atomic E-state index is 12.5. The lowest BCUT2D eigenvalue weighted by atomic mass is 10.1. The van der Waals surface area contributed by atoms with Gasteiger partial charge >= 0.3 is 5.97 Å². The van der Waals surface area contributed by atoms with E-state index in [0.717, 1.165) is 17.7 Å². The summed E-state index contributed by atoms with van der Waals surface area (Å²) >= 11 is 5.34. The average molecular weight is 524 g/mol. The molecule has 1 atom stereocenters. The molecule has 1 amide bonds. The third kappa shape index (κ3) is 8.68. The van der Waals surface area contributed by atoms with E-state index < -0.39 is 12.0 Å². The average Bonchev–Trinajstić information content (AvgIpc) is 2.88. The predicted octanol–water partition coefficient (Wildman–Crippen LogP) is 3.37. The van der Waals surface area contributed by atoms with Crippen molar-refractivity contribution < 1.29 is 14.3 Å². The SMILES string of the molecule is COC(=O)[C@H](CCCCNC(=S)Nc1ccccc1C)NC(=O)CCCc1nc2ccccc2c(=O)[nH]1. The fourth-order valence-electron chi connectivity index (χ4n) is 3.88. The van der Waals surface area contributed by atoms with Gasteiger partial charge in [0.1, 0.15) is 11.9 Å². The number of nitrogens with zero attached hydrogens (tertiary/aromatic N) is 1. The van der Waals surface area contributed by atoms with Crippen LogP contribution in [0.15, 0.2) is 53.3 Å². The van der Waals surface area contributed by atoms with E-state index in [1.807, 2.05) is 37.3 Å². The van der Waals surface area contributed by atoms with Gasteiger partial charge in [-0.05, 0) is 68.6 Å². The molecule has 2 aromatic carbocycles. The highest BCUT2D eigenvalue weighted by Gasteiger charge is 2.21. The second-order valence-corrected chi connectivity index (χ2v) is 9.13. The van der Waals surface area contributed by atoms with Crippen LogP contribution in [0, 0.1) is 6.92 Å². The first-order valence-corrected chi connectivity index (χ1v) is 12.7. The van der Waals surface area contributed by atoms with Gasteiger partial charge in [0.2, 0.25) is 5.91 Å². The molecule has 0 radical (unpaired) electrons. The number of fused-ring (bicyclic) bond motifs is 1. The Morgan fingerprint density at radius 2 is 1.84 bits per heavy atom. The normalized spacial score (nSPS) is 11.5. The van der Waals surface area contributed by atoms with E-state index in [9.17, 15) is 14.4 Å². The van der Waals surface area contributed by atoms with Crippen LogP contribution in [0.4, 0.5) is 5.69 Å². The Bertz CT molecular complexity index is 1290. The minimum absolute atomic E-state index is 0.197. The van der Waals surface area contributed by atoms with Crippen molar-refractivity contribution in [2.24, 2.45) is 0 Å². The fraction of sp³-hybridized carbons (Fsp3) is 0.370. The van der Waals surface area contributed by atoms with E-state index in [0.29, 0.717) is 54.1 Å². The molecule has 0 unspecified atom stereocenters. The van der Waals surface area contributed by atoms with Crippen molar-refractivity contribution in [3.63, 3.8) is 0 Å². The van der Waals surface area contributed by atoms with Gasteiger partial charge in [-0.25, -0.2) is 9.78 Å². The number of para-hydroxylation sites is 2. The molecule has 0 bridgehead atoms. The van der Waals surface area contributed by atoms with Crippen molar-refractivity contribution >= 4 is 45.8 Å². The first-order valence-electron chi connectivity index (χ1n) is 12.3. The van der Waals surface area contributed by atoms with Crippen LogP contribution >= 0.6 is 12.2 Å². The maximum Gasteiger partial charge on any atom is 0.328 e. The molecule has 0 saturated carbocycles. The van der Waals surface area contributed by atoms with Gasteiger partial charge in [-0.2, -0.15) is 0 Å². The monoisotopic (exact) mass is 523 g/mol. The summed E-state index contributed by atoms with van der Waals surface area (Å²) in [5.74, 6) is -0.192. The molecule has 0 aliphatic carbocycles. The number of carbonyl (C=O) groups is 2. The molecular weight excluding hydrogens is 490 g/mol. The Labute approximate surface area is 221 Å². The number of ether oxygens (including phenoxy) is 1. The van der Waals surface area contributed by atoms with Gasteiger partial charge < -0.3 is 25.7 Å². The van der Waals surface area contributed by atoms with E-state index in [1.54, 1.807) is 18.2 Å². The highest BCUT2D eigenvalue weighted by atomic mass is 32.1. The number of rotatable bonds is 12. The quantitative estimate of drug-likeness (QED) is 0.162. The Hall–Kier alpha value is -3.79. The van der Waals surface area contributed by atoms with E-state index in [1.165, 1.54) is 7.11 Å². The number of H-pyrrole nitrogens is 1. The number of aromatic amines is 1. The van der Waals surface area contributed by atoms with E-state index in [-0.39, 0.29) is 17.9 Å². The number of hydrogen-bond donors (Lipinski definition) is 4. The van der Waals surface area contributed by atoms with Crippen LogP contribution in [-0.2, 0) is 20.7 Å². The minimum atomic E-state index is -0.715. The molecule has 196 valence electrons. The largest absolute Gasteiger partial charge is 0.467 e. The van der Waals surface area contributed by atoms with Gasteiger partial charge in [0.15, 0.2) is 5.11 Å². The molecule has 0 aliphatic rings. The summed E-state index contributed by atoms with van der Waals surface area (Å²) in [6.07, 6.45) is 3.04. The number of nitrogens with one attached hydrogen (secondary N) is 4. The Morgan fingerprint density at radius 1 is 1.08 bits per heavy atom. The van der Waals surface area contributed by atoms with Crippen molar-refractivity contribution in [1.82, 2.24) is 20.6 Å². The summed E-state index contributed by atoms with van der Waals surface area (Å²) in [6.45, 7) is 2.64. The van der Waals surface area contributed by atoms with Crippen LogP contribution in [0.5, 0.6) is 0 Å². The lowest BCUT2D eigenvalue weighted by molar-refractivity contribution is -0.145. The van der Waals surface area contributed by atoms with Crippen molar-refractivity contribution in [3.05, 3.63) is 70.3 Å². The topological polar surface area (TPSA) is 125 Å². The number of aromatic nitrogens is 2. The molecule has 0 saturated heterocycles. The second-order valence-electron chi connectivity index (χ2n) is 8.72. The summed E-state index contributed by atoms with van der Waals surface area (Å²) < 4.78 is 4.86. The predicted molar refractivity (Wildman–Crippen MR) is 149 cm³/mol. The molecule has 0 fully saturated rings. The number of thiocarbonyl (C=S) groups is 1. The Kier molecular flexibility index (Phi) is 10.6. The molecule has 3 aromatic rings. The summed E-state index contributed by atoms with van der Waals surface area (Å²) in [5.41, 5.74) is 2.48. The summed E-state index contributed by atoms with van der Waals surface area (Å²) in [4.78, 5) is 44.1. The Morgan fingerprint density at radius 3 is 2.62 bits per heavy atom.